The van der Waals surface area contributed by atoms with Crippen LogP contribution in [-0.2, 0) is 16.2 Å². The lowest BCUT2D eigenvalue weighted by Crippen LogP contribution is -2.17. The average molecular weight is 508 g/mol. The molecule has 0 saturated heterocycles. The number of alkyl halides is 7. The zero-order chi connectivity index (χ0) is 23.0. The molecule has 0 N–H and O–H groups in total. The van der Waals surface area contributed by atoms with Crippen molar-refractivity contribution in [2.75, 3.05) is 7.11 Å². The normalized spacial score (nSPS) is 12.1. The molecule has 2 aromatic carbocycles. The van der Waals surface area contributed by atoms with E-state index in [4.69, 9.17) is 4.74 Å². The second-order valence-electron chi connectivity index (χ2n) is 6.24. The van der Waals surface area contributed by atoms with Gasteiger partial charge in [-0.25, -0.2) is 9.78 Å². The smallest absolute Gasteiger partial charge is 0.465 e. The van der Waals surface area contributed by atoms with Crippen LogP contribution in [0.3, 0.4) is 0 Å². The fraction of sp³-hybridized carbons (Fsp3) is 0.200. The van der Waals surface area contributed by atoms with Crippen molar-refractivity contribution in [1.29, 1.82) is 0 Å². The number of halogens is 7. The fourth-order valence-corrected chi connectivity index (χ4v) is 3.57. The van der Waals surface area contributed by atoms with Crippen LogP contribution in [0, 0.1) is 0 Å². The number of nitrogens with zero attached hydrogens (tertiary/aromatic N) is 1. The number of esters is 1. The van der Waals surface area contributed by atoms with Gasteiger partial charge in [0.15, 0.2) is 0 Å². The van der Waals surface area contributed by atoms with Crippen LogP contribution in [0.1, 0.15) is 21.5 Å². The third-order valence-electron chi connectivity index (χ3n) is 4.28. The van der Waals surface area contributed by atoms with Crippen molar-refractivity contribution in [3.05, 3.63) is 59.2 Å². The number of hydrogen-bond acceptors (Lipinski definition) is 4. The number of rotatable bonds is 4. The molecule has 0 saturated carbocycles. The summed E-state index contributed by atoms with van der Waals surface area (Å²) < 4.78 is 85.9. The second kappa shape index (κ2) is 8.37. The van der Waals surface area contributed by atoms with Gasteiger partial charge in [-0.1, -0.05) is 28.1 Å². The van der Waals surface area contributed by atoms with Crippen molar-refractivity contribution < 1.29 is 40.6 Å². The Bertz CT molecular complexity index is 1140. The van der Waals surface area contributed by atoms with Crippen LogP contribution in [-0.4, -0.2) is 24.4 Å². The number of ether oxygens (including phenoxy) is 2. The van der Waals surface area contributed by atoms with Gasteiger partial charge in [-0.3, -0.25) is 0 Å². The maximum absolute atomic E-state index is 13.2. The van der Waals surface area contributed by atoms with E-state index in [1.807, 2.05) is 0 Å². The van der Waals surface area contributed by atoms with Gasteiger partial charge in [0.2, 0.25) is 0 Å². The number of benzene rings is 2. The summed E-state index contributed by atoms with van der Waals surface area (Å²) in [6.07, 6.45) is -9.56. The van der Waals surface area contributed by atoms with E-state index < -0.39 is 29.8 Å². The van der Waals surface area contributed by atoms with Gasteiger partial charge >= 0.3 is 18.5 Å². The first-order chi connectivity index (χ1) is 14.4. The van der Waals surface area contributed by atoms with E-state index in [0.29, 0.717) is 0 Å². The molecule has 0 unspecified atom stereocenters. The van der Waals surface area contributed by atoms with Gasteiger partial charge in [0.25, 0.3) is 0 Å². The number of methoxy groups -OCH3 is 1. The van der Waals surface area contributed by atoms with Crippen molar-refractivity contribution in [2.24, 2.45) is 0 Å². The standard InChI is InChI=1S/C20H12BrF6NO3/c1-30-18(29)16-13-8-12(31-20(25,26)27)5-6-15(13)28-17(14(16)9-21)10-3-2-4-11(7-10)19(22,23)24/h2-8H,9H2,1H3. The summed E-state index contributed by atoms with van der Waals surface area (Å²) in [7, 11) is 1.08. The first-order valence-electron chi connectivity index (χ1n) is 8.49. The Balaban J connectivity index is 2.32. The topological polar surface area (TPSA) is 48.4 Å². The van der Waals surface area contributed by atoms with Gasteiger partial charge in [0.05, 0.1) is 29.4 Å². The van der Waals surface area contributed by atoms with Crippen LogP contribution >= 0.6 is 15.9 Å². The predicted octanol–water partition coefficient (Wildman–Crippen LogP) is 6.50. The Morgan fingerprint density at radius 2 is 1.77 bits per heavy atom. The lowest BCUT2D eigenvalue weighted by molar-refractivity contribution is -0.274. The molecule has 0 fully saturated rings. The molecular formula is C20H12BrF6NO3. The summed E-state index contributed by atoms with van der Waals surface area (Å²) in [5.41, 5.74) is -0.687. The Kier molecular flexibility index (Phi) is 6.17. The second-order valence-corrected chi connectivity index (χ2v) is 6.81. The number of hydrogen-bond donors (Lipinski definition) is 0. The monoisotopic (exact) mass is 507 g/mol. The lowest BCUT2D eigenvalue weighted by Gasteiger charge is -2.17. The number of carbonyl (C=O) groups is 1. The van der Waals surface area contributed by atoms with E-state index in [0.717, 1.165) is 31.4 Å². The summed E-state index contributed by atoms with van der Waals surface area (Å²) in [4.78, 5) is 16.8. The predicted molar refractivity (Wildman–Crippen MR) is 103 cm³/mol. The SMILES string of the molecule is COC(=O)c1c(CBr)c(-c2cccc(C(F)(F)F)c2)nc2ccc(OC(F)(F)F)cc12. The molecule has 0 spiro atoms. The minimum Gasteiger partial charge on any atom is -0.465 e. The summed E-state index contributed by atoms with van der Waals surface area (Å²) >= 11 is 3.18. The molecule has 3 aromatic rings. The Morgan fingerprint density at radius 3 is 2.35 bits per heavy atom. The average Bonchev–Trinajstić information content (AvgIpc) is 2.70. The molecule has 11 heteroatoms. The highest BCUT2D eigenvalue weighted by Crippen LogP contribution is 2.37. The molecular weight excluding hydrogens is 496 g/mol. The first kappa shape index (κ1) is 22.9. The molecule has 0 bridgehead atoms. The molecule has 0 aliphatic rings. The highest BCUT2D eigenvalue weighted by molar-refractivity contribution is 9.08. The minimum absolute atomic E-state index is 0.00113. The first-order valence-corrected chi connectivity index (χ1v) is 9.61. The Hall–Kier alpha value is -2.82. The molecule has 3 rings (SSSR count). The van der Waals surface area contributed by atoms with E-state index >= 15 is 0 Å². The summed E-state index contributed by atoms with van der Waals surface area (Å²) in [5.74, 6) is -1.47. The van der Waals surface area contributed by atoms with Crippen LogP contribution in [0.4, 0.5) is 26.3 Å². The third kappa shape index (κ3) is 4.92. The van der Waals surface area contributed by atoms with Crippen molar-refractivity contribution in [3.63, 3.8) is 0 Å². The lowest BCUT2D eigenvalue weighted by atomic mass is 9.96. The highest BCUT2D eigenvalue weighted by Gasteiger charge is 2.33. The van der Waals surface area contributed by atoms with Gasteiger partial charge < -0.3 is 9.47 Å². The van der Waals surface area contributed by atoms with Crippen LogP contribution in [0.25, 0.3) is 22.2 Å². The molecule has 0 atom stereocenters. The van der Waals surface area contributed by atoms with Crippen molar-refractivity contribution in [1.82, 2.24) is 4.98 Å². The summed E-state index contributed by atoms with van der Waals surface area (Å²) in [6, 6.07) is 7.50. The van der Waals surface area contributed by atoms with Gasteiger partial charge in [0, 0.05) is 21.8 Å². The maximum atomic E-state index is 13.2. The Labute approximate surface area is 179 Å². The molecule has 0 aliphatic heterocycles. The third-order valence-corrected chi connectivity index (χ3v) is 4.84. The van der Waals surface area contributed by atoms with Gasteiger partial charge in [-0.2, -0.15) is 13.2 Å². The maximum Gasteiger partial charge on any atom is 0.573 e. The van der Waals surface area contributed by atoms with E-state index in [-0.39, 0.29) is 38.6 Å². The summed E-state index contributed by atoms with van der Waals surface area (Å²) in [6.45, 7) is 0. The van der Waals surface area contributed by atoms with E-state index in [1.165, 1.54) is 18.2 Å². The number of aromatic nitrogens is 1. The largest absolute Gasteiger partial charge is 0.573 e. The molecule has 31 heavy (non-hydrogen) atoms. The van der Waals surface area contributed by atoms with Crippen LogP contribution in [0.5, 0.6) is 5.75 Å². The molecule has 1 aromatic heterocycles. The summed E-state index contributed by atoms with van der Waals surface area (Å²) in [5, 5.41) is -0.0326. The van der Waals surface area contributed by atoms with E-state index in [2.05, 4.69) is 25.7 Å². The molecule has 1 heterocycles. The zero-order valence-corrected chi connectivity index (χ0v) is 17.2. The van der Waals surface area contributed by atoms with Crippen molar-refractivity contribution in [2.45, 2.75) is 17.9 Å². The van der Waals surface area contributed by atoms with Gasteiger partial charge in [0.1, 0.15) is 5.75 Å². The molecule has 0 aliphatic carbocycles. The Morgan fingerprint density at radius 1 is 1.06 bits per heavy atom. The van der Waals surface area contributed by atoms with E-state index in [9.17, 15) is 31.1 Å². The minimum atomic E-state index is -4.96. The molecule has 0 amide bonds. The van der Waals surface area contributed by atoms with Crippen LogP contribution < -0.4 is 4.74 Å². The highest BCUT2D eigenvalue weighted by atomic mass is 79.9. The van der Waals surface area contributed by atoms with Gasteiger partial charge in [-0.05, 0) is 30.3 Å². The van der Waals surface area contributed by atoms with Crippen molar-refractivity contribution >= 4 is 32.8 Å². The number of pyridine rings is 1. The fourth-order valence-electron chi connectivity index (χ4n) is 3.03. The number of carbonyl (C=O) groups excluding carboxylic acids is 1. The number of fused-ring (bicyclic) bond motifs is 1. The molecule has 0 radical (unpaired) electrons. The van der Waals surface area contributed by atoms with Gasteiger partial charge in [-0.15, -0.1) is 13.2 Å². The zero-order valence-electron chi connectivity index (χ0n) is 15.6. The van der Waals surface area contributed by atoms with Crippen molar-refractivity contribution in [3.8, 4) is 17.0 Å². The quantitative estimate of drug-likeness (QED) is 0.230. The van der Waals surface area contributed by atoms with Crippen LogP contribution in [0.2, 0.25) is 0 Å². The molecule has 4 nitrogen and oxygen atoms in total. The van der Waals surface area contributed by atoms with E-state index in [1.54, 1.807) is 0 Å². The van der Waals surface area contributed by atoms with Crippen LogP contribution in [0.15, 0.2) is 42.5 Å². The molecule has 164 valence electrons.